The number of nitrogens with zero attached hydrogens (tertiary/aromatic N) is 4. The summed E-state index contributed by atoms with van der Waals surface area (Å²) < 4.78 is 26.3. The van der Waals surface area contributed by atoms with E-state index in [0.717, 1.165) is 0 Å². The molecule has 162 valence electrons. The number of carbonyl (C=O) groups is 2. The van der Waals surface area contributed by atoms with Crippen LogP contribution in [0, 0.1) is 0 Å². The van der Waals surface area contributed by atoms with Gasteiger partial charge in [-0.1, -0.05) is 11.3 Å². The molecule has 1 aliphatic heterocycles. The Kier molecular flexibility index (Phi) is 6.53. The summed E-state index contributed by atoms with van der Waals surface area (Å²) in [5.74, 6) is 0.0429. The van der Waals surface area contributed by atoms with Gasteiger partial charge in [0.25, 0.3) is 11.8 Å². The number of halogens is 1. The van der Waals surface area contributed by atoms with E-state index in [1.165, 1.54) is 30.0 Å². The molecule has 2 aromatic rings. The standard InChI is InChI=1S/C20H26FN5O4/c1-12(2)22-19(27)16-11-25(24-23-16)10-14-8-13(21)9-26(14)20(28)15-6-5-7-17(29-3)18(15)30-4/h5-7,11-14H,8-10H2,1-4H3,(H,22,27). The van der Waals surface area contributed by atoms with Crippen molar-refractivity contribution in [2.45, 2.75) is 45.1 Å². The van der Waals surface area contributed by atoms with Crippen LogP contribution in [0.3, 0.4) is 0 Å². The highest BCUT2D eigenvalue weighted by Crippen LogP contribution is 2.33. The molecule has 1 aromatic carbocycles. The van der Waals surface area contributed by atoms with Gasteiger partial charge in [-0.3, -0.25) is 9.59 Å². The minimum atomic E-state index is -1.15. The van der Waals surface area contributed by atoms with Gasteiger partial charge in [0.2, 0.25) is 0 Å². The molecular weight excluding hydrogens is 393 g/mol. The Labute approximate surface area is 174 Å². The van der Waals surface area contributed by atoms with Crippen molar-refractivity contribution in [1.29, 1.82) is 0 Å². The van der Waals surface area contributed by atoms with Gasteiger partial charge in [0, 0.05) is 12.5 Å². The van der Waals surface area contributed by atoms with E-state index in [9.17, 15) is 14.0 Å². The number of ether oxygens (including phenoxy) is 2. The first-order valence-electron chi connectivity index (χ1n) is 9.71. The number of hydrogen-bond donors (Lipinski definition) is 1. The largest absolute Gasteiger partial charge is 0.493 e. The summed E-state index contributed by atoms with van der Waals surface area (Å²) in [5, 5.41) is 10.6. The van der Waals surface area contributed by atoms with Crippen LogP contribution in [0.4, 0.5) is 4.39 Å². The van der Waals surface area contributed by atoms with E-state index in [1.54, 1.807) is 18.2 Å². The van der Waals surface area contributed by atoms with E-state index < -0.39 is 12.2 Å². The molecule has 1 aromatic heterocycles. The Morgan fingerprint density at radius 3 is 2.73 bits per heavy atom. The second-order valence-electron chi connectivity index (χ2n) is 7.44. The van der Waals surface area contributed by atoms with Gasteiger partial charge in [-0.05, 0) is 26.0 Å². The van der Waals surface area contributed by atoms with E-state index in [4.69, 9.17) is 9.47 Å². The van der Waals surface area contributed by atoms with E-state index in [2.05, 4.69) is 15.6 Å². The van der Waals surface area contributed by atoms with Gasteiger partial charge in [0.15, 0.2) is 17.2 Å². The van der Waals surface area contributed by atoms with Crippen molar-refractivity contribution in [3.8, 4) is 11.5 Å². The normalized spacial score (nSPS) is 18.5. The van der Waals surface area contributed by atoms with Crippen molar-refractivity contribution in [1.82, 2.24) is 25.2 Å². The zero-order valence-corrected chi connectivity index (χ0v) is 17.5. The number of amides is 2. The van der Waals surface area contributed by atoms with Gasteiger partial charge in [0.1, 0.15) is 6.17 Å². The Bertz CT molecular complexity index is 916. The number of rotatable bonds is 7. The number of nitrogens with one attached hydrogen (secondary N) is 1. The van der Waals surface area contributed by atoms with E-state index >= 15 is 0 Å². The fraction of sp³-hybridized carbons (Fsp3) is 0.500. The zero-order chi connectivity index (χ0) is 21.8. The van der Waals surface area contributed by atoms with Gasteiger partial charge >= 0.3 is 0 Å². The molecule has 0 saturated carbocycles. The molecule has 0 radical (unpaired) electrons. The molecule has 2 atom stereocenters. The molecule has 2 amide bonds. The average Bonchev–Trinajstić information content (AvgIpc) is 3.33. The molecule has 0 bridgehead atoms. The van der Waals surface area contributed by atoms with Crippen molar-refractivity contribution in [3.63, 3.8) is 0 Å². The smallest absolute Gasteiger partial charge is 0.273 e. The lowest BCUT2D eigenvalue weighted by atomic mass is 10.1. The molecule has 2 heterocycles. The fourth-order valence-electron chi connectivity index (χ4n) is 3.54. The third kappa shape index (κ3) is 4.52. The van der Waals surface area contributed by atoms with Crippen LogP contribution in [0.25, 0.3) is 0 Å². The second-order valence-corrected chi connectivity index (χ2v) is 7.44. The monoisotopic (exact) mass is 419 g/mol. The Morgan fingerprint density at radius 1 is 1.30 bits per heavy atom. The highest BCUT2D eigenvalue weighted by atomic mass is 19.1. The molecule has 1 aliphatic rings. The number of hydrogen-bond acceptors (Lipinski definition) is 6. The highest BCUT2D eigenvalue weighted by molar-refractivity contribution is 5.98. The highest BCUT2D eigenvalue weighted by Gasteiger charge is 2.37. The maximum Gasteiger partial charge on any atom is 0.273 e. The zero-order valence-electron chi connectivity index (χ0n) is 17.5. The molecule has 1 saturated heterocycles. The first-order valence-corrected chi connectivity index (χ1v) is 9.71. The lowest BCUT2D eigenvalue weighted by Crippen LogP contribution is -2.38. The topological polar surface area (TPSA) is 98.6 Å². The summed E-state index contributed by atoms with van der Waals surface area (Å²) in [5.41, 5.74) is 0.470. The van der Waals surface area contributed by atoms with Crippen LogP contribution in [0.1, 0.15) is 41.1 Å². The molecule has 2 unspecified atom stereocenters. The van der Waals surface area contributed by atoms with Crippen LogP contribution < -0.4 is 14.8 Å². The number of aromatic nitrogens is 3. The summed E-state index contributed by atoms with van der Waals surface area (Å²) in [6, 6.07) is 4.52. The van der Waals surface area contributed by atoms with Crippen LogP contribution in [0.15, 0.2) is 24.4 Å². The lowest BCUT2D eigenvalue weighted by Gasteiger charge is -2.25. The van der Waals surface area contributed by atoms with Crippen molar-refractivity contribution in [2.75, 3.05) is 20.8 Å². The lowest BCUT2D eigenvalue weighted by molar-refractivity contribution is 0.0710. The predicted octanol–water partition coefficient (Wildman–Crippen LogP) is 1.69. The van der Waals surface area contributed by atoms with Gasteiger partial charge < -0.3 is 19.7 Å². The van der Waals surface area contributed by atoms with Crippen molar-refractivity contribution in [3.05, 3.63) is 35.7 Å². The Hall–Kier alpha value is -3.17. The molecule has 9 nitrogen and oxygen atoms in total. The van der Waals surface area contributed by atoms with Crippen molar-refractivity contribution in [2.24, 2.45) is 0 Å². The number of methoxy groups -OCH3 is 2. The molecule has 0 aliphatic carbocycles. The summed E-state index contributed by atoms with van der Waals surface area (Å²) in [6.07, 6.45) is 0.520. The fourth-order valence-corrected chi connectivity index (χ4v) is 3.54. The maximum atomic E-state index is 14.2. The molecule has 30 heavy (non-hydrogen) atoms. The van der Waals surface area contributed by atoms with E-state index in [1.807, 2.05) is 13.8 Å². The van der Waals surface area contributed by atoms with Gasteiger partial charge in [0.05, 0.1) is 45.1 Å². The van der Waals surface area contributed by atoms with E-state index in [0.29, 0.717) is 17.1 Å². The molecule has 0 spiro atoms. The summed E-state index contributed by atoms with van der Waals surface area (Å²) in [6.45, 7) is 3.89. The molecule has 3 rings (SSSR count). The molecular formula is C20H26FN5O4. The van der Waals surface area contributed by atoms with Gasteiger partial charge in [-0.15, -0.1) is 5.10 Å². The Balaban J connectivity index is 1.79. The number of alkyl halides is 1. The number of likely N-dealkylation sites (tertiary alicyclic amines) is 1. The van der Waals surface area contributed by atoms with Crippen LogP contribution in [-0.4, -0.2) is 70.7 Å². The first kappa shape index (κ1) is 21.5. The first-order chi connectivity index (χ1) is 14.3. The predicted molar refractivity (Wildman–Crippen MR) is 107 cm³/mol. The number of benzene rings is 1. The van der Waals surface area contributed by atoms with Crippen molar-refractivity contribution >= 4 is 11.8 Å². The maximum absolute atomic E-state index is 14.2. The molecule has 10 heteroatoms. The average molecular weight is 419 g/mol. The van der Waals surface area contributed by atoms with E-state index in [-0.39, 0.29) is 43.1 Å². The SMILES string of the molecule is COc1cccc(C(=O)N2CC(F)CC2Cn2cc(C(=O)NC(C)C)nn2)c1OC. The molecule has 1 N–H and O–H groups in total. The summed E-state index contributed by atoms with van der Waals surface area (Å²) in [7, 11) is 2.94. The minimum absolute atomic E-state index is 0.0285. The quantitative estimate of drug-likeness (QED) is 0.733. The Morgan fingerprint density at radius 2 is 2.07 bits per heavy atom. The van der Waals surface area contributed by atoms with Crippen LogP contribution in [-0.2, 0) is 6.54 Å². The van der Waals surface area contributed by atoms with Crippen LogP contribution in [0.5, 0.6) is 11.5 Å². The van der Waals surface area contributed by atoms with Gasteiger partial charge in [-0.2, -0.15) is 0 Å². The number of para-hydroxylation sites is 1. The second kappa shape index (κ2) is 9.10. The van der Waals surface area contributed by atoms with Gasteiger partial charge in [-0.25, -0.2) is 9.07 Å². The van der Waals surface area contributed by atoms with Crippen molar-refractivity contribution < 1.29 is 23.5 Å². The third-order valence-electron chi connectivity index (χ3n) is 4.85. The summed E-state index contributed by atoms with van der Waals surface area (Å²) in [4.78, 5) is 26.7. The number of carbonyl (C=O) groups excluding carboxylic acids is 2. The van der Waals surface area contributed by atoms with Crippen LogP contribution in [0.2, 0.25) is 0 Å². The minimum Gasteiger partial charge on any atom is -0.493 e. The third-order valence-corrected chi connectivity index (χ3v) is 4.85. The van der Waals surface area contributed by atoms with Crippen LogP contribution >= 0.6 is 0 Å². The summed E-state index contributed by atoms with van der Waals surface area (Å²) >= 11 is 0. The molecule has 1 fully saturated rings.